The van der Waals surface area contributed by atoms with Crippen molar-refractivity contribution in [3.05, 3.63) is 0 Å². The Morgan fingerprint density at radius 1 is 0.793 bits per heavy atom. The van der Waals surface area contributed by atoms with Crippen molar-refractivity contribution in [2.75, 3.05) is 35.5 Å². The number of ether oxygens (including phenoxy) is 2. The monoisotopic (exact) mass is 514 g/mol. The maximum Gasteiger partial charge on any atom is 2.00 e. The number of rotatable bonds is 12. The van der Waals surface area contributed by atoms with Crippen LogP contribution in [0.3, 0.4) is 0 Å². The second-order valence-electron chi connectivity index (χ2n) is 5.57. The molecular weight excluding hydrogens is 489 g/mol. The van der Waals surface area contributed by atoms with Crippen LogP contribution >= 0.6 is 48.8 Å². The van der Waals surface area contributed by atoms with Crippen LogP contribution in [0.15, 0.2) is 0 Å². The largest absolute Gasteiger partial charge is 2.00 e. The molecule has 0 aromatic rings. The van der Waals surface area contributed by atoms with Crippen LogP contribution in [0.25, 0.3) is 0 Å². The molecule has 0 N–H and O–H groups in total. The van der Waals surface area contributed by atoms with Crippen molar-refractivity contribution >= 4 is 110 Å². The molecule has 0 aromatic heterocycles. The number of esters is 2. The molecule has 4 atom stereocenters. The molecule has 0 saturated heterocycles. The molecule has 0 fully saturated rings. The van der Waals surface area contributed by atoms with Crippen LogP contribution in [0.1, 0.15) is 13.8 Å². The number of hydrogen-bond acceptors (Lipinski definition) is 12. The van der Waals surface area contributed by atoms with E-state index >= 15 is 0 Å². The van der Waals surface area contributed by atoms with E-state index in [9.17, 15) is 29.4 Å². The first kappa shape index (κ1) is 34.2. The summed E-state index contributed by atoms with van der Waals surface area (Å²) >= 11 is 10.4. The second-order valence-corrected chi connectivity index (χ2v) is 8.12. The smallest absolute Gasteiger partial charge is 0.546 e. The number of carbonyl (C=O) groups excluding carboxylic acids is 4. The normalized spacial score (nSPS) is 14.0. The van der Waals surface area contributed by atoms with Gasteiger partial charge in [0.15, 0.2) is 0 Å². The van der Waals surface area contributed by atoms with E-state index < -0.39 is 47.9 Å². The fourth-order valence-electron chi connectivity index (χ4n) is 1.26. The van der Waals surface area contributed by atoms with Crippen LogP contribution < -0.4 is 10.2 Å². The van der Waals surface area contributed by atoms with Gasteiger partial charge in [0.2, 0.25) is 0 Å². The van der Waals surface area contributed by atoms with E-state index in [1.807, 2.05) is 0 Å². The molecule has 0 aliphatic carbocycles. The van der Waals surface area contributed by atoms with Crippen LogP contribution in [-0.4, -0.2) is 109 Å². The van der Waals surface area contributed by atoms with Crippen LogP contribution in [0, 0.1) is 11.8 Å². The van der Waals surface area contributed by atoms with Gasteiger partial charge in [-0.3, -0.25) is 9.59 Å². The van der Waals surface area contributed by atoms with Crippen molar-refractivity contribution in [2.45, 2.75) is 26.1 Å². The fraction of sp³-hybridized carbons (Fsp3) is 0.750. The number of thioether (sulfide) groups is 2. The minimum Gasteiger partial charge on any atom is -0.546 e. The summed E-state index contributed by atoms with van der Waals surface area (Å²) in [5.74, 6) is -3.56. The molecule has 164 valence electrons. The van der Waals surface area contributed by atoms with Crippen molar-refractivity contribution in [3.63, 3.8) is 0 Å². The van der Waals surface area contributed by atoms with Gasteiger partial charge >= 0.3 is 49.7 Å². The molecule has 0 unspecified atom stereocenters. The van der Waals surface area contributed by atoms with E-state index in [4.69, 9.17) is 9.47 Å². The molecule has 0 aliphatic rings. The van der Waals surface area contributed by atoms with Crippen molar-refractivity contribution in [2.24, 2.45) is 11.8 Å². The molecule has 0 rings (SSSR count). The molecule has 29 heavy (non-hydrogen) atoms. The van der Waals surface area contributed by atoms with Gasteiger partial charge in [-0.1, -0.05) is 13.8 Å². The van der Waals surface area contributed by atoms with E-state index in [-0.39, 0.29) is 49.2 Å². The van der Waals surface area contributed by atoms with E-state index in [1.54, 1.807) is 26.4 Å². The summed E-state index contributed by atoms with van der Waals surface area (Å²) < 4.78 is 9.47. The topological polar surface area (TPSA) is 133 Å². The Bertz CT molecular complexity index is 465. The van der Waals surface area contributed by atoms with Crippen molar-refractivity contribution in [1.82, 2.24) is 0 Å². The molecule has 0 saturated carbocycles. The fourth-order valence-corrected chi connectivity index (χ4v) is 2.58. The van der Waals surface area contributed by atoms with Gasteiger partial charge < -0.3 is 29.3 Å². The second kappa shape index (κ2) is 20.4. The average Bonchev–Trinajstić information content (AvgIpc) is 2.65. The first-order valence-electron chi connectivity index (χ1n) is 8.07. The summed E-state index contributed by atoms with van der Waals surface area (Å²) in [6, 6.07) is 0. The Labute approximate surface area is 220 Å². The SMILES string of the molecule is CSC[C@H](OC(=O)[C@H](C)CS)C(=O)[O-].CSC[C@H](OC(=O)[C@H](C)CS)C(=O)[O-].[Ca+2]. The molecule has 0 spiro atoms. The molecule has 8 nitrogen and oxygen atoms in total. The van der Waals surface area contributed by atoms with Gasteiger partial charge in [0, 0.05) is 23.0 Å². The summed E-state index contributed by atoms with van der Waals surface area (Å²) in [5, 5.41) is 21.0. The maximum absolute atomic E-state index is 11.2. The van der Waals surface area contributed by atoms with Crippen molar-refractivity contribution in [1.29, 1.82) is 0 Å². The zero-order chi connectivity index (χ0) is 22.3. The van der Waals surface area contributed by atoms with Gasteiger partial charge in [0.05, 0.1) is 23.8 Å². The minimum absolute atomic E-state index is 0. The maximum atomic E-state index is 11.2. The van der Waals surface area contributed by atoms with Gasteiger partial charge in [0.25, 0.3) is 0 Å². The Kier molecular flexibility index (Phi) is 24.1. The quantitative estimate of drug-likeness (QED) is 0.185. The summed E-state index contributed by atoms with van der Waals surface area (Å²) in [7, 11) is 0. The van der Waals surface area contributed by atoms with Gasteiger partial charge in [0.1, 0.15) is 12.2 Å². The Morgan fingerprint density at radius 2 is 1.07 bits per heavy atom. The zero-order valence-electron chi connectivity index (χ0n) is 16.8. The van der Waals surface area contributed by atoms with Crippen LogP contribution in [0.4, 0.5) is 0 Å². The average molecular weight is 515 g/mol. The van der Waals surface area contributed by atoms with Gasteiger partial charge in [-0.15, -0.1) is 0 Å². The molecule has 0 bridgehead atoms. The number of carboxylic acids is 2. The number of thiol groups is 2. The van der Waals surface area contributed by atoms with Crippen LogP contribution in [-0.2, 0) is 28.7 Å². The molecule has 13 heteroatoms. The predicted octanol–water partition coefficient (Wildman–Crippen LogP) is -1.23. The van der Waals surface area contributed by atoms with Gasteiger partial charge in [-0.25, -0.2) is 0 Å². The van der Waals surface area contributed by atoms with E-state index in [2.05, 4.69) is 25.3 Å². The van der Waals surface area contributed by atoms with E-state index in [0.29, 0.717) is 11.5 Å². The predicted molar refractivity (Wildman–Crippen MR) is 118 cm³/mol. The number of carboxylic acid groups (broad SMARTS) is 2. The van der Waals surface area contributed by atoms with Gasteiger partial charge in [-0.2, -0.15) is 48.8 Å². The summed E-state index contributed by atoms with van der Waals surface area (Å²) in [6.07, 6.45) is 1.12. The number of carbonyl (C=O) groups is 4. The first-order chi connectivity index (χ1) is 13.0. The molecule has 0 aliphatic heterocycles. The van der Waals surface area contributed by atoms with Crippen LogP contribution in [0.5, 0.6) is 0 Å². The summed E-state index contributed by atoms with van der Waals surface area (Å²) in [6.45, 7) is 3.25. The van der Waals surface area contributed by atoms with E-state index in [1.165, 1.54) is 23.5 Å². The Balaban J connectivity index is -0.000000451. The van der Waals surface area contributed by atoms with Crippen molar-refractivity contribution < 1.29 is 38.9 Å². The molecule has 0 heterocycles. The van der Waals surface area contributed by atoms with Crippen LogP contribution in [0.2, 0.25) is 0 Å². The third-order valence-electron chi connectivity index (χ3n) is 3.03. The zero-order valence-corrected chi connectivity index (χ0v) is 22.5. The number of hydrogen-bond donors (Lipinski definition) is 2. The third-order valence-corrected chi connectivity index (χ3v) is 5.40. The molecular formula is C16H26CaO8S4. The molecule has 0 aromatic carbocycles. The molecule has 0 amide bonds. The van der Waals surface area contributed by atoms with E-state index in [0.717, 1.165) is 0 Å². The van der Waals surface area contributed by atoms with Crippen molar-refractivity contribution in [3.8, 4) is 0 Å². The van der Waals surface area contributed by atoms with Gasteiger partial charge in [-0.05, 0) is 12.5 Å². The summed E-state index contributed by atoms with van der Waals surface area (Å²) in [4.78, 5) is 43.4. The first-order valence-corrected chi connectivity index (χ1v) is 12.1. The minimum atomic E-state index is -1.36. The molecule has 0 radical (unpaired) electrons. The Morgan fingerprint density at radius 3 is 1.24 bits per heavy atom. The summed E-state index contributed by atoms with van der Waals surface area (Å²) in [5.41, 5.74) is 0. The number of aliphatic carboxylic acids is 2. The Hall–Kier alpha value is 0.540. The standard InChI is InChI=1S/2C8H14O4S2.Ca/c2*1-5(3-13)8(11)12-6(4-14-2)7(9)10;/h2*5-6,13H,3-4H2,1-2H3,(H,9,10);/q;;+2/p-2/t2*5-,6+;/m11./s1. The third kappa shape index (κ3) is 16.9.